The number of nitro groups is 1. The van der Waals surface area contributed by atoms with Gasteiger partial charge in [-0.15, -0.1) is 0 Å². The molecule has 0 saturated heterocycles. The highest BCUT2D eigenvalue weighted by molar-refractivity contribution is 7.80. The van der Waals surface area contributed by atoms with Crippen molar-refractivity contribution in [3.63, 3.8) is 0 Å². The quantitative estimate of drug-likeness (QED) is 0.346. The van der Waals surface area contributed by atoms with Crippen LogP contribution in [-0.2, 0) is 0 Å². The number of thiocarbonyl (C=S) groups is 1. The molecule has 0 fully saturated rings. The Morgan fingerprint density at radius 3 is 2.86 bits per heavy atom. The van der Waals surface area contributed by atoms with Gasteiger partial charge in [0, 0.05) is 24.7 Å². The topological polar surface area (TPSA) is 99.8 Å². The average Bonchev–Trinajstić information content (AvgIpc) is 2.48. The smallest absolute Gasteiger partial charge is 0.270 e. The molecule has 0 aliphatic carbocycles. The summed E-state index contributed by atoms with van der Waals surface area (Å²) in [5.41, 5.74) is 3.02. The molecule has 7 nitrogen and oxygen atoms in total. The largest absolute Gasteiger partial charge is 0.507 e. The number of hydrogen-bond donors (Lipinski definition) is 3. The lowest BCUT2D eigenvalue weighted by atomic mass is 10.0. The number of phenolic OH excluding ortho intramolecular Hbond substituents is 1. The number of nitrogens with zero attached hydrogens (tertiary/aromatic N) is 2. The summed E-state index contributed by atoms with van der Waals surface area (Å²) < 4.78 is 0. The second-order valence-corrected chi connectivity index (χ2v) is 4.52. The van der Waals surface area contributed by atoms with Gasteiger partial charge < -0.3 is 10.4 Å². The van der Waals surface area contributed by atoms with E-state index in [1.807, 2.05) is 0 Å². The average molecular weight is 304 g/mol. The lowest BCUT2D eigenvalue weighted by Crippen LogP contribution is -2.28. The fourth-order valence-corrected chi connectivity index (χ4v) is 1.84. The van der Waals surface area contributed by atoms with E-state index in [9.17, 15) is 15.2 Å². The zero-order valence-corrected chi connectivity index (χ0v) is 11.8. The maximum atomic E-state index is 10.8. The number of hydrazone groups is 1. The SMILES string of the molecule is CNC(=S)N/N=C\c1c(O)ccc2cc([N+](=O)[O-])ccc12. The van der Waals surface area contributed by atoms with Crippen molar-refractivity contribution in [3.05, 3.63) is 46.0 Å². The maximum absolute atomic E-state index is 10.8. The molecular formula is C13H12N4O3S. The van der Waals surface area contributed by atoms with Gasteiger partial charge >= 0.3 is 0 Å². The Kier molecular flexibility index (Phi) is 4.29. The number of rotatable bonds is 3. The van der Waals surface area contributed by atoms with Crippen LogP contribution in [0, 0.1) is 10.1 Å². The van der Waals surface area contributed by atoms with Crippen LogP contribution in [-0.4, -0.2) is 28.4 Å². The van der Waals surface area contributed by atoms with Crippen LogP contribution in [0.25, 0.3) is 10.8 Å². The lowest BCUT2D eigenvalue weighted by Gasteiger charge is -2.05. The van der Waals surface area contributed by atoms with Crippen LogP contribution in [0.4, 0.5) is 5.69 Å². The van der Waals surface area contributed by atoms with Gasteiger partial charge in [0.15, 0.2) is 5.11 Å². The minimum atomic E-state index is -0.465. The number of hydrogen-bond acceptors (Lipinski definition) is 5. The number of benzene rings is 2. The number of aromatic hydroxyl groups is 1. The van der Waals surface area contributed by atoms with Crippen LogP contribution in [0.15, 0.2) is 35.4 Å². The van der Waals surface area contributed by atoms with Gasteiger partial charge in [-0.2, -0.15) is 5.10 Å². The molecule has 108 valence electrons. The van der Waals surface area contributed by atoms with E-state index in [-0.39, 0.29) is 11.4 Å². The Bertz CT molecular complexity index is 746. The summed E-state index contributed by atoms with van der Waals surface area (Å²) in [7, 11) is 1.65. The van der Waals surface area contributed by atoms with Crippen molar-refractivity contribution < 1.29 is 10.0 Å². The van der Waals surface area contributed by atoms with Crippen LogP contribution < -0.4 is 10.7 Å². The fraction of sp³-hybridized carbons (Fsp3) is 0.0769. The van der Waals surface area contributed by atoms with E-state index in [4.69, 9.17) is 12.2 Å². The Hall–Kier alpha value is -2.74. The molecule has 0 amide bonds. The molecule has 0 radical (unpaired) electrons. The molecule has 0 aliphatic heterocycles. The van der Waals surface area contributed by atoms with E-state index in [2.05, 4.69) is 15.8 Å². The van der Waals surface area contributed by atoms with E-state index >= 15 is 0 Å². The van der Waals surface area contributed by atoms with Gasteiger partial charge in [-0.25, -0.2) is 0 Å². The van der Waals surface area contributed by atoms with Gasteiger partial charge in [0.25, 0.3) is 5.69 Å². The minimum Gasteiger partial charge on any atom is -0.507 e. The molecule has 0 aliphatic rings. The van der Waals surface area contributed by atoms with E-state index in [0.717, 1.165) is 0 Å². The summed E-state index contributed by atoms with van der Waals surface area (Å²) in [6.07, 6.45) is 1.41. The molecule has 0 spiro atoms. The van der Waals surface area contributed by atoms with Crippen LogP contribution in [0.1, 0.15) is 5.56 Å². The van der Waals surface area contributed by atoms with Crippen molar-refractivity contribution in [2.45, 2.75) is 0 Å². The lowest BCUT2D eigenvalue weighted by molar-refractivity contribution is -0.384. The summed E-state index contributed by atoms with van der Waals surface area (Å²) in [5, 5.41) is 28.9. The number of nitrogens with one attached hydrogen (secondary N) is 2. The number of non-ortho nitro benzene ring substituents is 1. The normalized spacial score (nSPS) is 10.7. The minimum absolute atomic E-state index is 0.00874. The summed E-state index contributed by atoms with van der Waals surface area (Å²) in [6.45, 7) is 0. The Morgan fingerprint density at radius 2 is 2.19 bits per heavy atom. The molecular weight excluding hydrogens is 292 g/mol. The molecule has 8 heteroatoms. The van der Waals surface area contributed by atoms with Gasteiger partial charge in [0.2, 0.25) is 0 Å². The maximum Gasteiger partial charge on any atom is 0.270 e. The summed E-state index contributed by atoms with van der Waals surface area (Å²) in [6, 6.07) is 7.47. The van der Waals surface area contributed by atoms with E-state index < -0.39 is 4.92 Å². The summed E-state index contributed by atoms with van der Waals surface area (Å²) in [4.78, 5) is 10.3. The van der Waals surface area contributed by atoms with Gasteiger partial charge in [-0.3, -0.25) is 15.5 Å². The standard InChI is InChI=1S/C13H12N4O3S/c1-14-13(21)16-15-7-11-10-4-3-9(17(19)20)6-8(10)2-5-12(11)18/h2-7,18H,1H3,(H2,14,16,21)/b15-7-. The number of phenols is 1. The third-order valence-electron chi connectivity index (χ3n) is 2.82. The van der Waals surface area contributed by atoms with Gasteiger partial charge in [0.05, 0.1) is 11.1 Å². The molecule has 2 aromatic carbocycles. The molecule has 0 heterocycles. The molecule has 0 atom stereocenters. The first-order valence-electron chi connectivity index (χ1n) is 5.94. The molecule has 0 unspecified atom stereocenters. The predicted molar refractivity (Wildman–Crippen MR) is 84.7 cm³/mol. The van der Waals surface area contributed by atoms with E-state index in [0.29, 0.717) is 21.4 Å². The van der Waals surface area contributed by atoms with Crippen molar-refractivity contribution in [1.82, 2.24) is 10.7 Å². The second kappa shape index (κ2) is 6.14. The third-order valence-corrected chi connectivity index (χ3v) is 3.12. The number of nitro benzene ring substituents is 1. The fourth-order valence-electron chi connectivity index (χ4n) is 1.79. The Labute approximate surface area is 125 Å². The molecule has 0 aromatic heterocycles. The van der Waals surface area contributed by atoms with Gasteiger partial charge in [-0.05, 0) is 35.1 Å². The molecule has 2 rings (SSSR count). The molecule has 2 aromatic rings. The zero-order valence-electron chi connectivity index (χ0n) is 11.0. The number of fused-ring (bicyclic) bond motifs is 1. The second-order valence-electron chi connectivity index (χ2n) is 4.11. The first-order valence-corrected chi connectivity index (χ1v) is 6.34. The molecule has 0 saturated carbocycles. The van der Waals surface area contributed by atoms with Crippen LogP contribution >= 0.6 is 12.2 Å². The van der Waals surface area contributed by atoms with Crippen LogP contribution in [0.5, 0.6) is 5.75 Å². The van der Waals surface area contributed by atoms with Crippen molar-refractivity contribution in [2.24, 2.45) is 5.10 Å². The van der Waals surface area contributed by atoms with Gasteiger partial charge in [-0.1, -0.05) is 6.07 Å². The molecule has 21 heavy (non-hydrogen) atoms. The molecule has 3 N–H and O–H groups in total. The van der Waals surface area contributed by atoms with Crippen LogP contribution in [0.3, 0.4) is 0 Å². The van der Waals surface area contributed by atoms with E-state index in [1.54, 1.807) is 19.2 Å². The first-order chi connectivity index (χ1) is 10.0. The molecule has 0 bridgehead atoms. The monoisotopic (exact) mass is 304 g/mol. The zero-order chi connectivity index (χ0) is 15.4. The summed E-state index contributed by atoms with van der Waals surface area (Å²) in [5.74, 6) is 0.0253. The highest BCUT2D eigenvalue weighted by Crippen LogP contribution is 2.28. The first kappa shape index (κ1) is 14.7. The van der Waals surface area contributed by atoms with Crippen molar-refractivity contribution in [2.75, 3.05) is 7.05 Å². The predicted octanol–water partition coefficient (Wildman–Crippen LogP) is 1.88. The Balaban J connectivity index is 2.45. The Morgan fingerprint density at radius 1 is 1.43 bits per heavy atom. The highest BCUT2D eigenvalue weighted by Gasteiger charge is 2.10. The van der Waals surface area contributed by atoms with Crippen molar-refractivity contribution in [3.8, 4) is 5.75 Å². The highest BCUT2D eigenvalue weighted by atomic mass is 32.1. The third kappa shape index (κ3) is 3.23. The van der Waals surface area contributed by atoms with Crippen molar-refractivity contribution >= 4 is 40.0 Å². The van der Waals surface area contributed by atoms with Crippen LogP contribution in [0.2, 0.25) is 0 Å². The van der Waals surface area contributed by atoms with E-state index in [1.165, 1.54) is 24.4 Å². The van der Waals surface area contributed by atoms with Gasteiger partial charge in [0.1, 0.15) is 5.75 Å². The van der Waals surface area contributed by atoms with Crippen molar-refractivity contribution in [1.29, 1.82) is 0 Å². The summed E-state index contributed by atoms with van der Waals surface area (Å²) >= 11 is 4.87.